The van der Waals surface area contributed by atoms with E-state index in [4.69, 9.17) is 75.8 Å². The van der Waals surface area contributed by atoms with E-state index < -0.39 is 246 Å². The summed E-state index contributed by atoms with van der Waals surface area (Å²) in [6.07, 6.45) is -73.8. The summed E-state index contributed by atoms with van der Waals surface area (Å²) in [5.74, 6) is -0.663. The Morgan fingerprint density at radius 2 is 0.241 bits per heavy atom. The fourth-order valence-corrected chi connectivity index (χ4v) is 20.3. The number of ether oxygens (including phenoxy) is 16. The number of aliphatic hydroxyl groups excluding tert-OH is 24. The molecule has 16 bridgehead atoms. The lowest BCUT2D eigenvalue weighted by Crippen LogP contribution is -2.69. The lowest BCUT2D eigenvalue weighted by atomic mass is 9.95. The average molecular weight is 1780 g/mol. The molecule has 0 spiro atoms. The summed E-state index contributed by atoms with van der Waals surface area (Å²) in [6.45, 7) is -2.81. The molecule has 48 heteroatoms. The Hall–Kier alpha value is 1.20. The first-order chi connectivity index (χ1) is 53.9. The lowest BCUT2D eigenvalue weighted by Gasteiger charge is -2.51. The van der Waals surface area contributed by atoms with Crippen LogP contribution in [0.25, 0.3) is 0 Å². The van der Waals surface area contributed by atoms with Crippen LogP contribution in [0.15, 0.2) is 0 Å². The second-order valence-electron chi connectivity index (χ2n) is 27.4. The highest BCUT2D eigenvalue weighted by molar-refractivity contribution is 8.00. The fraction of sp³-hybridized carbons (Fsp3) is 1.00. The molecular weight excluding hydrogens is 1670 g/mol. The van der Waals surface area contributed by atoms with Crippen LogP contribution in [0.2, 0.25) is 0 Å². The number of rotatable bonds is 32. The molecule has 30 aliphatic heterocycles. The van der Waals surface area contributed by atoms with Gasteiger partial charge < -0.3 is 198 Å². The van der Waals surface area contributed by atoms with Crippen LogP contribution in [0, 0.1) is 0 Å². The number of aliphatic hydroxyl groups is 24. The van der Waals surface area contributed by atoms with Gasteiger partial charge in [-0.2, -0.15) is 94.1 Å². The van der Waals surface area contributed by atoms with E-state index in [2.05, 4.69) is 0 Å². The van der Waals surface area contributed by atoms with Gasteiger partial charge in [-0.3, -0.25) is 0 Å². The molecule has 30 heterocycles. The van der Waals surface area contributed by atoms with Crippen molar-refractivity contribution in [2.45, 2.75) is 246 Å². The third-order valence-corrected chi connectivity index (χ3v) is 27.9. The Morgan fingerprint density at radius 1 is 0.143 bits per heavy atom. The van der Waals surface area contributed by atoms with E-state index in [1.807, 2.05) is 0 Å². The SMILES string of the molecule is OCCSC[C@H]1O[C@@H]2O[C@H]3[C@H](O)[C@@H](O)[C@@H](O[C@H]4[C@H](O)[C@@H](O)[C@@H](O[C@H]5[C@H](O)[C@@H](O)[C@@H](O[C@H]6[C@H](O)[C@@H](O)[C@@H](O[C@H]7[C@H](O)[C@@H](O)[C@@H](O[C@H]8[C@H](O)[C@@H](O)[C@@H](O[C@H]9[C@H](O)[C@@H](O)[C@@H](O[C@H]1[C@H](O)[C@H]2O)O[C@@H]9CSCCO)O[C@@H]8CSCCO)O[C@@H]7CSCCO)O[C@@H]6CSCCO)O[C@@H]5CSCCO)O[C@@H]4CSCCO)O[C@@H]3CSCCO. The maximum atomic E-state index is 12.1. The van der Waals surface area contributed by atoms with E-state index in [9.17, 15) is 123 Å². The molecule has 0 unspecified atom stereocenters. The van der Waals surface area contributed by atoms with Gasteiger partial charge in [-0.25, -0.2) is 0 Å². The Balaban J connectivity index is 1.07. The molecular formula is C64H112O40S8. The van der Waals surface area contributed by atoms with Gasteiger partial charge in [-0.1, -0.05) is 0 Å². The van der Waals surface area contributed by atoms with Crippen molar-refractivity contribution in [1.29, 1.82) is 0 Å². The van der Waals surface area contributed by atoms with Gasteiger partial charge in [0.05, 0.1) is 102 Å². The van der Waals surface area contributed by atoms with Gasteiger partial charge in [0.1, 0.15) is 146 Å². The van der Waals surface area contributed by atoms with Crippen molar-refractivity contribution in [3.8, 4) is 0 Å². The zero-order chi connectivity index (χ0) is 81.0. The highest BCUT2D eigenvalue weighted by atomic mass is 32.2. The van der Waals surface area contributed by atoms with Gasteiger partial charge in [0.2, 0.25) is 0 Å². The molecule has 656 valence electrons. The minimum absolute atomic E-state index is 0.0782. The molecule has 0 aromatic carbocycles. The van der Waals surface area contributed by atoms with Gasteiger partial charge >= 0.3 is 0 Å². The van der Waals surface area contributed by atoms with Crippen LogP contribution in [0.1, 0.15) is 0 Å². The lowest BCUT2D eigenvalue weighted by molar-refractivity contribution is -0.396. The number of thioether (sulfide) groups is 8. The largest absolute Gasteiger partial charge is 0.396 e. The zero-order valence-electron chi connectivity index (χ0n) is 60.6. The highest BCUT2D eigenvalue weighted by Crippen LogP contribution is 2.42. The topological polar surface area (TPSA) is 633 Å². The molecule has 40 atom stereocenters. The van der Waals surface area contributed by atoms with Gasteiger partial charge in [0, 0.05) is 92.0 Å². The molecule has 112 heavy (non-hydrogen) atoms. The quantitative estimate of drug-likeness (QED) is 0.0278. The van der Waals surface area contributed by atoms with Crippen molar-refractivity contribution in [3.05, 3.63) is 0 Å². The molecule has 30 fully saturated rings. The summed E-state index contributed by atoms with van der Waals surface area (Å²) >= 11 is 8.58. The van der Waals surface area contributed by atoms with Crippen LogP contribution in [0.4, 0.5) is 0 Å². The predicted molar refractivity (Wildman–Crippen MR) is 400 cm³/mol. The minimum Gasteiger partial charge on any atom is -0.396 e. The smallest absolute Gasteiger partial charge is 0.187 e. The predicted octanol–water partition coefficient (Wildman–Crippen LogP) is -11.5. The first-order valence-electron chi connectivity index (χ1n) is 36.8. The number of hydrogen-bond acceptors (Lipinski definition) is 48. The summed E-state index contributed by atoms with van der Waals surface area (Å²) < 4.78 is 101. The van der Waals surface area contributed by atoms with E-state index in [1.54, 1.807) is 0 Å². The summed E-state index contributed by atoms with van der Waals surface area (Å²) in [4.78, 5) is 0. The van der Waals surface area contributed by atoms with Gasteiger partial charge in [0.15, 0.2) is 50.3 Å². The molecule has 0 saturated carbocycles. The number of hydrogen-bond donors (Lipinski definition) is 24. The van der Waals surface area contributed by atoms with Crippen LogP contribution in [0.3, 0.4) is 0 Å². The van der Waals surface area contributed by atoms with Crippen molar-refractivity contribution >= 4 is 94.1 Å². The van der Waals surface area contributed by atoms with Gasteiger partial charge in [-0.15, -0.1) is 0 Å². The van der Waals surface area contributed by atoms with E-state index in [0.717, 1.165) is 94.1 Å². The maximum absolute atomic E-state index is 12.1. The minimum atomic E-state index is -2.13. The van der Waals surface area contributed by atoms with Crippen molar-refractivity contribution in [3.63, 3.8) is 0 Å². The normalized spacial score (nSPS) is 46.1. The second-order valence-corrected chi connectivity index (χ2v) is 36.6. The van der Waals surface area contributed by atoms with Crippen molar-refractivity contribution in [2.24, 2.45) is 0 Å². The van der Waals surface area contributed by atoms with Crippen molar-refractivity contribution in [2.75, 3.05) is 145 Å². The van der Waals surface area contributed by atoms with E-state index in [0.29, 0.717) is 0 Å². The molecule has 30 aliphatic rings. The van der Waals surface area contributed by atoms with Crippen LogP contribution in [-0.4, -0.2) is 513 Å². The third kappa shape index (κ3) is 24.8. The third-order valence-electron chi connectivity index (χ3n) is 19.6. The zero-order valence-corrected chi connectivity index (χ0v) is 67.1. The monoisotopic (exact) mass is 1780 g/mol. The first kappa shape index (κ1) is 97.0. The molecule has 0 aromatic rings. The van der Waals surface area contributed by atoms with Crippen LogP contribution in [-0.2, 0) is 75.8 Å². The molecule has 0 aromatic heterocycles. The summed E-state index contributed by atoms with van der Waals surface area (Å²) in [7, 11) is 0. The molecule has 24 N–H and O–H groups in total. The fourth-order valence-electron chi connectivity index (χ4n) is 13.9. The summed E-state index contributed by atoms with van der Waals surface area (Å²) in [5, 5.41) is 272. The van der Waals surface area contributed by atoms with Gasteiger partial charge in [0.25, 0.3) is 0 Å². The second kappa shape index (κ2) is 48.5. The van der Waals surface area contributed by atoms with Crippen molar-refractivity contribution < 1.29 is 198 Å². The highest BCUT2D eigenvalue weighted by Gasteiger charge is 2.61. The van der Waals surface area contributed by atoms with Crippen LogP contribution >= 0.6 is 94.1 Å². The average Bonchev–Trinajstić information content (AvgIpc) is 0.771. The molecule has 30 rings (SSSR count). The Bertz CT molecular complexity index is 2120. The molecule has 0 amide bonds. The van der Waals surface area contributed by atoms with Crippen LogP contribution in [0.5, 0.6) is 0 Å². The van der Waals surface area contributed by atoms with Crippen molar-refractivity contribution in [1.82, 2.24) is 0 Å². The summed E-state index contributed by atoms with van der Waals surface area (Å²) in [5.41, 5.74) is 0. The Morgan fingerprint density at radius 3 is 0.330 bits per heavy atom. The maximum Gasteiger partial charge on any atom is 0.187 e. The standard InChI is InChI=1S/C64H112O40S8/c65-1-9-105-17-25-49-33(73)41(81)57(89-25)98-50-26(18-106-10-2-66)91-59(43(83)35(50)75)100-52-28(20-108-12-4-68)93-61(45(85)37(52)77)102-54-30(22-110-14-6-70)95-63(47(87)39(54)79)104-56-32(24-112-16-8-72)96-64(48(88)40(56)80)103-55-31(23-111-15-7-71)94-62(46(86)38(55)78)101-53-29(21-109-13-5-69)92-60(44(84)36(53)76)99-51-27(19-107-11-3-67)90-58(97-49)42(82)34(51)74/h25-88H,1-24H2/t25-,26-,27-,28-,29-,30-,31-,32-,33-,34-,35-,36-,37-,38-,39-,40-,41-,42-,43-,44-,45-,46-,47-,48-,49-,50-,51-,52-,53-,54-,55-,56-,57-,58-,59-,60-,61-,62-,63-,64-/m1/s1. The Labute approximate surface area is 679 Å². The molecule has 30 saturated heterocycles. The summed E-state index contributed by atoms with van der Waals surface area (Å²) in [6, 6.07) is 0. The molecule has 40 nitrogen and oxygen atoms in total. The Kier molecular flexibility index (Phi) is 42.0. The molecule has 0 radical (unpaired) electrons. The van der Waals surface area contributed by atoms with E-state index in [-0.39, 0.29) is 145 Å². The first-order valence-corrected chi connectivity index (χ1v) is 46.0. The van der Waals surface area contributed by atoms with Gasteiger partial charge in [-0.05, 0) is 0 Å². The van der Waals surface area contributed by atoms with Crippen LogP contribution < -0.4 is 0 Å². The van der Waals surface area contributed by atoms with E-state index in [1.165, 1.54) is 0 Å². The van der Waals surface area contributed by atoms with E-state index >= 15 is 0 Å². The molecule has 0 aliphatic carbocycles.